The van der Waals surface area contributed by atoms with Gasteiger partial charge in [0.25, 0.3) is 11.2 Å². The summed E-state index contributed by atoms with van der Waals surface area (Å²) in [7, 11) is 0. The van der Waals surface area contributed by atoms with E-state index in [-0.39, 0.29) is 17.8 Å². The van der Waals surface area contributed by atoms with Gasteiger partial charge >= 0.3 is 5.69 Å². The molecule has 0 fully saturated rings. The van der Waals surface area contributed by atoms with Gasteiger partial charge in [-0.05, 0) is 23.8 Å². The molecule has 33 heavy (non-hydrogen) atoms. The molecule has 164 valence electrons. The Bertz CT molecular complexity index is 1450. The predicted octanol–water partition coefficient (Wildman–Crippen LogP) is 3.73. The van der Waals surface area contributed by atoms with Gasteiger partial charge in [-0.2, -0.15) is 5.10 Å². The Morgan fingerprint density at radius 1 is 0.970 bits per heavy atom. The average molecular weight is 444 g/mol. The van der Waals surface area contributed by atoms with Crippen molar-refractivity contribution in [1.29, 1.82) is 0 Å². The Kier molecular flexibility index (Phi) is 5.85. The van der Waals surface area contributed by atoms with E-state index in [4.69, 9.17) is 0 Å². The van der Waals surface area contributed by atoms with Gasteiger partial charge in [-0.1, -0.05) is 42.5 Å². The molecule has 0 unspecified atom stereocenters. The summed E-state index contributed by atoms with van der Waals surface area (Å²) in [5.74, 6) is 0. The van der Waals surface area contributed by atoms with Crippen LogP contribution in [0.15, 0.2) is 89.0 Å². The fourth-order valence-electron chi connectivity index (χ4n) is 3.21. The molecule has 4 rings (SSSR count). The van der Waals surface area contributed by atoms with Crippen LogP contribution in [0.4, 0.5) is 17.1 Å². The molecule has 0 spiro atoms. The molecule has 0 amide bonds. The number of nitro groups is 2. The van der Waals surface area contributed by atoms with Crippen LogP contribution in [-0.2, 0) is 6.54 Å². The van der Waals surface area contributed by atoms with Gasteiger partial charge in [0.05, 0.1) is 45.4 Å². The third kappa shape index (κ3) is 4.56. The summed E-state index contributed by atoms with van der Waals surface area (Å²) in [4.78, 5) is 38.1. The molecule has 0 aliphatic carbocycles. The second kappa shape index (κ2) is 9.06. The van der Waals surface area contributed by atoms with Gasteiger partial charge in [0.2, 0.25) is 0 Å². The number of nitrogens with zero attached hydrogens (tertiary/aromatic N) is 5. The highest BCUT2D eigenvalue weighted by molar-refractivity contribution is 6.01. The number of non-ortho nitro benzene ring substituents is 1. The van der Waals surface area contributed by atoms with Crippen LogP contribution >= 0.6 is 0 Å². The Morgan fingerprint density at radius 2 is 1.70 bits per heavy atom. The SMILES string of the molecule is O=c1c2ccccc2ncn1CC(=NNc1ccc([N+](=O)[O-])cc1[N+](=O)[O-])c1ccccc1. The topological polar surface area (TPSA) is 146 Å². The van der Waals surface area contributed by atoms with E-state index >= 15 is 0 Å². The number of nitro benzene ring substituents is 2. The lowest BCUT2D eigenvalue weighted by Crippen LogP contribution is -2.25. The molecule has 1 heterocycles. The number of hydrazone groups is 1. The molecule has 1 aromatic heterocycles. The summed E-state index contributed by atoms with van der Waals surface area (Å²) in [6.07, 6.45) is 1.41. The Labute approximate surface area is 185 Å². The monoisotopic (exact) mass is 444 g/mol. The minimum absolute atomic E-state index is 0.0250. The van der Waals surface area contributed by atoms with Crippen molar-refractivity contribution in [1.82, 2.24) is 9.55 Å². The highest BCUT2D eigenvalue weighted by Gasteiger charge is 2.19. The number of benzene rings is 3. The van der Waals surface area contributed by atoms with E-state index in [0.717, 1.165) is 12.1 Å². The number of para-hydroxylation sites is 1. The maximum absolute atomic E-state index is 12.9. The van der Waals surface area contributed by atoms with E-state index < -0.39 is 21.2 Å². The zero-order chi connectivity index (χ0) is 23.4. The summed E-state index contributed by atoms with van der Waals surface area (Å²) in [5, 5.41) is 27.1. The predicted molar refractivity (Wildman–Crippen MR) is 122 cm³/mol. The fraction of sp³-hybridized carbons (Fsp3) is 0.0455. The number of nitrogens with one attached hydrogen (secondary N) is 1. The number of anilines is 1. The molecular weight excluding hydrogens is 428 g/mol. The molecule has 4 aromatic rings. The van der Waals surface area contributed by atoms with Crippen molar-refractivity contribution in [2.24, 2.45) is 5.10 Å². The van der Waals surface area contributed by atoms with Crippen LogP contribution in [0.25, 0.3) is 10.9 Å². The zero-order valence-corrected chi connectivity index (χ0v) is 17.0. The minimum Gasteiger partial charge on any atom is -0.293 e. The van der Waals surface area contributed by atoms with Crippen LogP contribution in [0.2, 0.25) is 0 Å². The highest BCUT2D eigenvalue weighted by Crippen LogP contribution is 2.29. The minimum atomic E-state index is -0.731. The van der Waals surface area contributed by atoms with E-state index in [1.807, 2.05) is 6.07 Å². The van der Waals surface area contributed by atoms with Crippen LogP contribution in [-0.4, -0.2) is 25.1 Å². The van der Waals surface area contributed by atoms with Crippen LogP contribution in [0.3, 0.4) is 0 Å². The molecule has 11 nitrogen and oxygen atoms in total. The first-order chi connectivity index (χ1) is 15.9. The molecule has 0 aliphatic heterocycles. The highest BCUT2D eigenvalue weighted by atomic mass is 16.6. The number of hydrogen-bond acceptors (Lipinski definition) is 8. The van der Waals surface area contributed by atoms with Crippen molar-refractivity contribution < 1.29 is 9.85 Å². The zero-order valence-electron chi connectivity index (χ0n) is 17.0. The maximum atomic E-state index is 12.9. The molecule has 0 atom stereocenters. The lowest BCUT2D eigenvalue weighted by atomic mass is 10.1. The summed E-state index contributed by atoms with van der Waals surface area (Å²) in [6, 6.07) is 19.1. The average Bonchev–Trinajstić information content (AvgIpc) is 2.83. The van der Waals surface area contributed by atoms with E-state index in [9.17, 15) is 25.0 Å². The third-order valence-corrected chi connectivity index (χ3v) is 4.86. The summed E-state index contributed by atoms with van der Waals surface area (Å²) in [5.41, 5.74) is 3.08. The number of hydrogen-bond donors (Lipinski definition) is 1. The molecule has 3 aromatic carbocycles. The van der Waals surface area contributed by atoms with Gasteiger partial charge in [-0.15, -0.1) is 0 Å². The fourth-order valence-corrected chi connectivity index (χ4v) is 3.21. The van der Waals surface area contributed by atoms with Gasteiger partial charge in [-0.25, -0.2) is 4.98 Å². The standard InChI is InChI=1S/C22H16N6O5/c29-22-17-8-4-5-9-18(17)23-14-26(22)13-20(15-6-2-1-3-7-15)25-24-19-11-10-16(27(30)31)12-21(19)28(32)33/h1-12,14,24H,13H2. The van der Waals surface area contributed by atoms with Crippen LogP contribution < -0.4 is 11.0 Å². The smallest absolute Gasteiger partial charge is 0.293 e. The Morgan fingerprint density at radius 3 is 2.42 bits per heavy atom. The van der Waals surface area contributed by atoms with Gasteiger partial charge in [-0.3, -0.25) is 35.0 Å². The summed E-state index contributed by atoms with van der Waals surface area (Å²) in [6.45, 7) is 0.0362. The van der Waals surface area contributed by atoms with E-state index in [2.05, 4.69) is 15.5 Å². The first-order valence-corrected chi connectivity index (χ1v) is 9.69. The van der Waals surface area contributed by atoms with Crippen molar-refractivity contribution in [3.8, 4) is 0 Å². The van der Waals surface area contributed by atoms with Crippen LogP contribution in [0, 0.1) is 20.2 Å². The number of fused-ring (bicyclic) bond motifs is 1. The van der Waals surface area contributed by atoms with Crippen molar-refractivity contribution in [2.75, 3.05) is 5.43 Å². The van der Waals surface area contributed by atoms with Gasteiger partial charge < -0.3 is 0 Å². The first kappa shape index (κ1) is 21.3. The lowest BCUT2D eigenvalue weighted by Gasteiger charge is -2.11. The van der Waals surface area contributed by atoms with Crippen molar-refractivity contribution >= 4 is 33.7 Å². The molecule has 1 N–H and O–H groups in total. The molecule has 0 aliphatic rings. The Hall–Kier alpha value is -4.93. The molecule has 0 saturated heterocycles. The Balaban J connectivity index is 1.74. The molecule has 0 radical (unpaired) electrons. The molecule has 0 bridgehead atoms. The largest absolute Gasteiger partial charge is 0.301 e. The number of rotatable bonds is 7. The second-order valence-electron chi connectivity index (χ2n) is 6.95. The van der Waals surface area contributed by atoms with E-state index in [0.29, 0.717) is 22.2 Å². The molecular formula is C22H16N6O5. The van der Waals surface area contributed by atoms with Crippen molar-refractivity contribution in [2.45, 2.75) is 6.54 Å². The third-order valence-electron chi connectivity index (χ3n) is 4.86. The summed E-state index contributed by atoms with van der Waals surface area (Å²) < 4.78 is 1.39. The number of aromatic nitrogens is 2. The van der Waals surface area contributed by atoms with Crippen LogP contribution in [0.1, 0.15) is 5.56 Å². The lowest BCUT2D eigenvalue weighted by molar-refractivity contribution is -0.393. The van der Waals surface area contributed by atoms with E-state index in [1.54, 1.807) is 48.5 Å². The normalized spacial score (nSPS) is 11.3. The molecule has 11 heteroatoms. The maximum Gasteiger partial charge on any atom is 0.301 e. The van der Waals surface area contributed by atoms with Gasteiger partial charge in [0, 0.05) is 6.07 Å². The van der Waals surface area contributed by atoms with Gasteiger partial charge in [0.1, 0.15) is 5.69 Å². The van der Waals surface area contributed by atoms with Crippen molar-refractivity contribution in [3.63, 3.8) is 0 Å². The summed E-state index contributed by atoms with van der Waals surface area (Å²) >= 11 is 0. The van der Waals surface area contributed by atoms with E-state index in [1.165, 1.54) is 17.0 Å². The second-order valence-corrected chi connectivity index (χ2v) is 6.95. The van der Waals surface area contributed by atoms with Crippen LogP contribution in [0.5, 0.6) is 0 Å². The van der Waals surface area contributed by atoms with Crippen molar-refractivity contribution in [3.05, 3.63) is 115 Å². The molecule has 0 saturated carbocycles. The quantitative estimate of drug-likeness (QED) is 0.260. The first-order valence-electron chi connectivity index (χ1n) is 9.69. The van der Waals surface area contributed by atoms with Gasteiger partial charge in [0.15, 0.2) is 0 Å².